The second kappa shape index (κ2) is 5.18. The first kappa shape index (κ1) is 12.8. The van der Waals surface area contributed by atoms with Crippen LogP contribution in [0.2, 0.25) is 5.02 Å². The summed E-state index contributed by atoms with van der Waals surface area (Å²) in [6.07, 6.45) is 0.924. The first-order valence-corrected chi connectivity index (χ1v) is 6.64. The maximum absolute atomic E-state index is 11.1. The summed E-state index contributed by atoms with van der Waals surface area (Å²) in [6.45, 7) is -0.116. The van der Waals surface area contributed by atoms with E-state index in [1.54, 1.807) is 24.3 Å². The number of benzene rings is 1. The van der Waals surface area contributed by atoms with E-state index in [1.165, 1.54) is 0 Å². The Morgan fingerprint density at radius 3 is 2.38 bits per heavy atom. The van der Waals surface area contributed by atoms with Crippen LogP contribution in [0.15, 0.2) is 24.3 Å². The van der Waals surface area contributed by atoms with E-state index < -0.39 is 15.9 Å². The fourth-order valence-electron chi connectivity index (χ4n) is 0.993. The normalized spacial score (nSPS) is 10.9. The van der Waals surface area contributed by atoms with Crippen LogP contribution in [0.5, 0.6) is 0 Å². The molecule has 0 saturated carbocycles. The van der Waals surface area contributed by atoms with Crippen LogP contribution in [0.3, 0.4) is 0 Å². The molecular weight excluding hydrogens is 252 g/mol. The van der Waals surface area contributed by atoms with Crippen molar-refractivity contribution in [3.05, 3.63) is 29.3 Å². The molecule has 88 valence electrons. The molecule has 0 radical (unpaired) electrons. The molecule has 0 fully saturated rings. The molecule has 2 N–H and O–H groups in total. The Hall–Kier alpha value is -1.27. The molecule has 1 amide bonds. The Morgan fingerprint density at radius 1 is 1.31 bits per heavy atom. The van der Waals surface area contributed by atoms with E-state index in [4.69, 9.17) is 11.6 Å². The van der Waals surface area contributed by atoms with Crippen molar-refractivity contribution in [1.82, 2.24) is 4.72 Å². The number of sulfonamides is 1. The lowest BCUT2D eigenvalue weighted by atomic mass is 10.3. The maximum Gasteiger partial charge on any atom is 0.252 e. The zero-order valence-electron chi connectivity index (χ0n) is 8.53. The first-order valence-electron chi connectivity index (χ1n) is 4.37. The fraction of sp³-hybridized carbons (Fsp3) is 0.222. The Morgan fingerprint density at radius 2 is 1.88 bits per heavy atom. The van der Waals surface area contributed by atoms with Gasteiger partial charge in [-0.2, -0.15) is 0 Å². The second-order valence-electron chi connectivity index (χ2n) is 3.16. The zero-order valence-corrected chi connectivity index (χ0v) is 10.1. The largest absolute Gasteiger partial charge is 0.376 e. The van der Waals surface area contributed by atoms with Crippen LogP contribution in [0.1, 0.15) is 0 Å². The molecule has 0 heterocycles. The predicted octanol–water partition coefficient (Wildman–Crippen LogP) is 0.828. The molecule has 0 saturated heterocycles. The van der Waals surface area contributed by atoms with E-state index >= 15 is 0 Å². The molecule has 16 heavy (non-hydrogen) atoms. The van der Waals surface area contributed by atoms with E-state index in [0.717, 1.165) is 6.26 Å². The quantitative estimate of drug-likeness (QED) is 0.843. The van der Waals surface area contributed by atoms with Gasteiger partial charge in [-0.25, -0.2) is 8.42 Å². The third-order valence-electron chi connectivity index (χ3n) is 1.60. The number of amides is 1. The summed E-state index contributed by atoms with van der Waals surface area (Å²) >= 11 is 5.68. The summed E-state index contributed by atoms with van der Waals surface area (Å²) in [5.74, 6) is -0.613. The highest BCUT2D eigenvalue weighted by molar-refractivity contribution is 7.89. The van der Waals surface area contributed by atoms with E-state index in [1.807, 2.05) is 4.72 Å². The first-order chi connectivity index (χ1) is 7.37. The van der Waals surface area contributed by atoms with Gasteiger partial charge in [0.05, 0.1) is 12.8 Å². The number of halogens is 1. The molecule has 7 heteroatoms. The van der Waals surface area contributed by atoms with E-state index in [-0.39, 0.29) is 6.54 Å². The van der Waals surface area contributed by atoms with Crippen molar-refractivity contribution in [2.24, 2.45) is 0 Å². The number of carbonyl (C=O) groups excluding carboxylic acids is 1. The molecule has 0 bridgehead atoms. The molecule has 1 aromatic carbocycles. The molecule has 0 spiro atoms. The van der Waals surface area contributed by atoms with Crippen LogP contribution in [-0.4, -0.2) is 27.1 Å². The minimum Gasteiger partial charge on any atom is -0.376 e. The molecule has 0 atom stereocenters. The van der Waals surface area contributed by atoms with Crippen LogP contribution >= 0.6 is 11.6 Å². The maximum atomic E-state index is 11.1. The van der Waals surface area contributed by atoms with E-state index in [0.29, 0.717) is 10.7 Å². The van der Waals surface area contributed by atoms with E-state index in [2.05, 4.69) is 5.32 Å². The molecule has 0 aliphatic heterocycles. The minimum absolute atomic E-state index is 0.116. The molecule has 0 aromatic heterocycles. The molecule has 1 rings (SSSR count). The Labute approximate surface area is 98.9 Å². The van der Waals surface area contributed by atoms with Crippen molar-refractivity contribution in [3.8, 4) is 0 Å². The Bertz CT molecular complexity index is 470. The third kappa shape index (κ3) is 4.99. The van der Waals surface area contributed by atoms with Gasteiger partial charge < -0.3 is 5.32 Å². The number of hydrogen-bond donors (Lipinski definition) is 2. The van der Waals surface area contributed by atoms with Crippen LogP contribution < -0.4 is 10.0 Å². The van der Waals surface area contributed by atoms with Gasteiger partial charge in [-0.15, -0.1) is 0 Å². The van der Waals surface area contributed by atoms with Crippen molar-refractivity contribution in [1.29, 1.82) is 0 Å². The Kier molecular flexibility index (Phi) is 4.14. The summed E-state index contributed by atoms with van der Waals surface area (Å²) in [4.78, 5) is 11.1. The summed E-state index contributed by atoms with van der Waals surface area (Å²) in [5, 5.41) is 3.35. The van der Waals surface area contributed by atoms with Crippen molar-refractivity contribution >= 4 is 33.2 Å². The van der Waals surface area contributed by atoms with Crippen molar-refractivity contribution in [2.45, 2.75) is 0 Å². The molecular formula is C9H11ClN2O3S. The Balaban J connectivity index is 2.46. The third-order valence-corrected chi connectivity index (χ3v) is 2.45. The van der Waals surface area contributed by atoms with Gasteiger partial charge in [-0.3, -0.25) is 9.52 Å². The average molecular weight is 263 g/mol. The molecule has 0 aliphatic carbocycles. The van der Waals surface area contributed by atoms with Crippen LogP contribution in [0.25, 0.3) is 0 Å². The summed E-state index contributed by atoms with van der Waals surface area (Å²) in [6, 6.07) is 6.71. The van der Waals surface area contributed by atoms with Gasteiger partial charge in [-0.05, 0) is 24.3 Å². The average Bonchev–Trinajstić information content (AvgIpc) is 2.14. The lowest BCUT2D eigenvalue weighted by Crippen LogP contribution is -2.34. The molecule has 1 aromatic rings. The van der Waals surface area contributed by atoms with Crippen molar-refractivity contribution in [3.63, 3.8) is 0 Å². The summed E-state index contributed by atoms with van der Waals surface area (Å²) < 4.78 is 23.3. The highest BCUT2D eigenvalue weighted by atomic mass is 35.5. The van der Waals surface area contributed by atoms with Crippen LogP contribution in [-0.2, 0) is 14.8 Å². The van der Waals surface area contributed by atoms with E-state index in [9.17, 15) is 13.2 Å². The van der Waals surface area contributed by atoms with Gasteiger partial charge in [0, 0.05) is 10.7 Å². The van der Waals surface area contributed by atoms with Gasteiger partial charge in [-0.1, -0.05) is 11.6 Å². The zero-order chi connectivity index (χ0) is 12.2. The van der Waals surface area contributed by atoms with Gasteiger partial charge >= 0.3 is 0 Å². The summed E-state index contributed by atoms with van der Waals surface area (Å²) in [7, 11) is -3.50. The van der Waals surface area contributed by atoms with Crippen LogP contribution in [0.4, 0.5) is 5.69 Å². The SMILES string of the molecule is CS(=O)(=O)NC(=O)CNc1ccc(Cl)cc1. The van der Waals surface area contributed by atoms with Gasteiger partial charge in [0.2, 0.25) is 10.0 Å². The highest BCUT2D eigenvalue weighted by Gasteiger charge is 2.07. The number of rotatable bonds is 4. The minimum atomic E-state index is -3.50. The standard InChI is InChI=1S/C9H11ClN2O3S/c1-16(14,15)12-9(13)6-11-8-4-2-7(10)3-5-8/h2-5,11H,6H2,1H3,(H,12,13). The monoisotopic (exact) mass is 262 g/mol. The van der Waals surface area contributed by atoms with Gasteiger partial charge in [0.15, 0.2) is 0 Å². The second-order valence-corrected chi connectivity index (χ2v) is 5.34. The van der Waals surface area contributed by atoms with Crippen molar-refractivity contribution < 1.29 is 13.2 Å². The number of nitrogens with one attached hydrogen (secondary N) is 2. The van der Waals surface area contributed by atoms with Gasteiger partial charge in [0.25, 0.3) is 5.91 Å². The lowest BCUT2D eigenvalue weighted by molar-refractivity contribution is -0.117. The number of carbonyl (C=O) groups is 1. The molecule has 0 aliphatic rings. The van der Waals surface area contributed by atoms with Crippen molar-refractivity contribution in [2.75, 3.05) is 18.1 Å². The number of hydrogen-bond acceptors (Lipinski definition) is 4. The highest BCUT2D eigenvalue weighted by Crippen LogP contribution is 2.12. The topological polar surface area (TPSA) is 75.3 Å². The van der Waals surface area contributed by atoms with Crippen LogP contribution in [0, 0.1) is 0 Å². The summed E-state index contributed by atoms with van der Waals surface area (Å²) in [5.41, 5.74) is 0.688. The molecule has 0 unspecified atom stereocenters. The lowest BCUT2D eigenvalue weighted by Gasteiger charge is -2.06. The smallest absolute Gasteiger partial charge is 0.252 e. The fourth-order valence-corrected chi connectivity index (χ4v) is 1.60. The molecule has 5 nitrogen and oxygen atoms in total. The number of anilines is 1. The predicted molar refractivity (Wildman–Crippen MR) is 62.9 cm³/mol. The van der Waals surface area contributed by atoms with Gasteiger partial charge in [0.1, 0.15) is 0 Å².